The van der Waals surface area contributed by atoms with Gasteiger partial charge in [0.05, 0.1) is 24.3 Å². The monoisotopic (exact) mass is 278 g/mol. The Morgan fingerprint density at radius 3 is 2.90 bits per heavy atom. The SMILES string of the molecule is CCCn1cncc1COc1ccc([C@@H](C)O)c(F)c1. The topological polar surface area (TPSA) is 47.3 Å². The van der Waals surface area contributed by atoms with E-state index in [0.29, 0.717) is 12.4 Å². The van der Waals surface area contributed by atoms with Gasteiger partial charge in [-0.3, -0.25) is 0 Å². The van der Waals surface area contributed by atoms with E-state index in [2.05, 4.69) is 11.9 Å². The highest BCUT2D eigenvalue weighted by molar-refractivity contribution is 5.30. The zero-order chi connectivity index (χ0) is 14.5. The van der Waals surface area contributed by atoms with Crippen LogP contribution in [0.3, 0.4) is 0 Å². The molecule has 2 rings (SSSR count). The Balaban J connectivity index is 2.04. The number of nitrogens with zero attached hydrogens (tertiary/aromatic N) is 2. The predicted molar refractivity (Wildman–Crippen MR) is 73.9 cm³/mol. The molecule has 0 saturated carbocycles. The van der Waals surface area contributed by atoms with E-state index in [0.717, 1.165) is 18.7 Å². The first kappa shape index (κ1) is 14.5. The van der Waals surface area contributed by atoms with Crippen molar-refractivity contribution in [3.63, 3.8) is 0 Å². The van der Waals surface area contributed by atoms with Crippen LogP contribution in [-0.2, 0) is 13.2 Å². The molecular formula is C15H19FN2O2. The van der Waals surface area contributed by atoms with E-state index in [-0.39, 0.29) is 5.56 Å². The Morgan fingerprint density at radius 2 is 2.25 bits per heavy atom. The molecule has 2 aromatic rings. The maximum absolute atomic E-state index is 13.7. The van der Waals surface area contributed by atoms with Crippen LogP contribution in [0.2, 0.25) is 0 Å². The average molecular weight is 278 g/mol. The van der Waals surface area contributed by atoms with E-state index >= 15 is 0 Å². The van der Waals surface area contributed by atoms with Crippen molar-refractivity contribution in [1.29, 1.82) is 0 Å². The van der Waals surface area contributed by atoms with Gasteiger partial charge in [0.25, 0.3) is 0 Å². The fraction of sp³-hybridized carbons (Fsp3) is 0.400. The molecule has 1 heterocycles. The van der Waals surface area contributed by atoms with Gasteiger partial charge in [-0.15, -0.1) is 0 Å². The molecule has 4 nitrogen and oxygen atoms in total. The third-order valence-electron chi connectivity index (χ3n) is 3.07. The quantitative estimate of drug-likeness (QED) is 0.883. The van der Waals surface area contributed by atoms with Gasteiger partial charge >= 0.3 is 0 Å². The molecule has 0 aliphatic rings. The molecule has 0 aliphatic heterocycles. The molecule has 0 bridgehead atoms. The fourth-order valence-corrected chi connectivity index (χ4v) is 2.00. The number of aryl methyl sites for hydroxylation is 1. The lowest BCUT2D eigenvalue weighted by Crippen LogP contribution is -2.05. The maximum atomic E-state index is 13.7. The molecular weight excluding hydrogens is 259 g/mol. The minimum atomic E-state index is -0.824. The first-order valence-electron chi connectivity index (χ1n) is 6.71. The maximum Gasteiger partial charge on any atom is 0.132 e. The molecule has 1 aromatic heterocycles. The lowest BCUT2D eigenvalue weighted by atomic mass is 10.1. The van der Waals surface area contributed by atoms with Gasteiger partial charge in [-0.2, -0.15) is 0 Å². The molecule has 0 saturated heterocycles. The van der Waals surface area contributed by atoms with Crippen molar-refractivity contribution < 1.29 is 14.2 Å². The first-order chi connectivity index (χ1) is 9.61. The highest BCUT2D eigenvalue weighted by Gasteiger charge is 2.09. The van der Waals surface area contributed by atoms with Crippen LogP contribution in [0.15, 0.2) is 30.7 Å². The molecule has 0 unspecified atom stereocenters. The van der Waals surface area contributed by atoms with E-state index in [9.17, 15) is 9.50 Å². The van der Waals surface area contributed by atoms with E-state index < -0.39 is 11.9 Å². The number of aliphatic hydroxyl groups excluding tert-OH is 1. The summed E-state index contributed by atoms with van der Waals surface area (Å²) in [5.41, 5.74) is 1.22. The number of aliphatic hydroxyl groups is 1. The molecule has 1 N–H and O–H groups in total. The highest BCUT2D eigenvalue weighted by Crippen LogP contribution is 2.22. The van der Waals surface area contributed by atoms with Crippen LogP contribution in [0.1, 0.15) is 37.6 Å². The summed E-state index contributed by atoms with van der Waals surface area (Å²) < 4.78 is 21.3. The number of hydrogen-bond acceptors (Lipinski definition) is 3. The Bertz CT molecular complexity index is 567. The van der Waals surface area contributed by atoms with Gasteiger partial charge in [-0.1, -0.05) is 6.92 Å². The zero-order valence-corrected chi connectivity index (χ0v) is 11.7. The third kappa shape index (κ3) is 3.36. The lowest BCUT2D eigenvalue weighted by molar-refractivity contribution is 0.193. The van der Waals surface area contributed by atoms with Crippen molar-refractivity contribution in [1.82, 2.24) is 9.55 Å². The minimum Gasteiger partial charge on any atom is -0.487 e. The number of imidazole rings is 1. The number of hydrogen-bond donors (Lipinski definition) is 1. The zero-order valence-electron chi connectivity index (χ0n) is 11.7. The van der Waals surface area contributed by atoms with Gasteiger partial charge in [0, 0.05) is 18.2 Å². The number of ether oxygens (including phenoxy) is 1. The molecule has 0 fully saturated rings. The molecule has 1 aromatic carbocycles. The second kappa shape index (κ2) is 6.52. The van der Waals surface area contributed by atoms with Gasteiger partial charge in [-0.05, 0) is 25.5 Å². The second-order valence-electron chi connectivity index (χ2n) is 4.73. The van der Waals surface area contributed by atoms with Crippen LogP contribution in [0, 0.1) is 5.82 Å². The van der Waals surface area contributed by atoms with Crippen LogP contribution in [0.4, 0.5) is 4.39 Å². The summed E-state index contributed by atoms with van der Waals surface area (Å²) in [7, 11) is 0. The van der Waals surface area contributed by atoms with Crippen LogP contribution in [0.5, 0.6) is 5.75 Å². The molecule has 20 heavy (non-hydrogen) atoms. The summed E-state index contributed by atoms with van der Waals surface area (Å²) in [4.78, 5) is 4.08. The van der Waals surface area contributed by atoms with E-state index in [4.69, 9.17) is 4.74 Å². The fourth-order valence-electron chi connectivity index (χ4n) is 2.00. The summed E-state index contributed by atoms with van der Waals surface area (Å²) in [5, 5.41) is 9.38. The van der Waals surface area contributed by atoms with Gasteiger partial charge < -0.3 is 14.4 Å². The predicted octanol–water partition coefficient (Wildman–Crippen LogP) is 3.06. The number of benzene rings is 1. The Labute approximate surface area is 117 Å². The number of rotatable bonds is 6. The summed E-state index contributed by atoms with van der Waals surface area (Å²) in [6, 6.07) is 4.49. The van der Waals surface area contributed by atoms with E-state index in [1.54, 1.807) is 24.7 Å². The van der Waals surface area contributed by atoms with Gasteiger partial charge in [0.2, 0.25) is 0 Å². The van der Waals surface area contributed by atoms with Crippen molar-refractivity contribution in [3.8, 4) is 5.75 Å². The minimum absolute atomic E-state index is 0.272. The lowest BCUT2D eigenvalue weighted by Gasteiger charge is -2.11. The summed E-state index contributed by atoms with van der Waals surface area (Å²) in [6.45, 7) is 4.85. The average Bonchev–Trinajstić information content (AvgIpc) is 2.84. The molecule has 0 aliphatic carbocycles. The van der Waals surface area contributed by atoms with Crippen LogP contribution < -0.4 is 4.74 Å². The van der Waals surface area contributed by atoms with Gasteiger partial charge in [-0.25, -0.2) is 9.37 Å². The highest BCUT2D eigenvalue weighted by atomic mass is 19.1. The number of aromatic nitrogens is 2. The standard InChI is InChI=1S/C15H19FN2O2/c1-3-6-18-10-17-8-12(18)9-20-13-4-5-14(11(2)19)15(16)7-13/h4-5,7-8,10-11,19H,3,6,9H2,1-2H3/t11-/m1/s1. The van der Waals surface area contributed by atoms with Crippen molar-refractivity contribution in [2.24, 2.45) is 0 Å². The molecule has 0 radical (unpaired) electrons. The van der Waals surface area contributed by atoms with E-state index in [1.165, 1.54) is 13.0 Å². The largest absolute Gasteiger partial charge is 0.487 e. The molecule has 1 atom stereocenters. The van der Waals surface area contributed by atoms with Crippen LogP contribution >= 0.6 is 0 Å². The van der Waals surface area contributed by atoms with Crippen LogP contribution in [-0.4, -0.2) is 14.7 Å². The Morgan fingerprint density at radius 1 is 1.45 bits per heavy atom. The molecule has 0 amide bonds. The molecule has 108 valence electrons. The van der Waals surface area contributed by atoms with Crippen molar-refractivity contribution >= 4 is 0 Å². The van der Waals surface area contributed by atoms with E-state index in [1.807, 2.05) is 4.57 Å². The third-order valence-corrected chi connectivity index (χ3v) is 3.07. The van der Waals surface area contributed by atoms with Gasteiger partial charge in [0.15, 0.2) is 0 Å². The molecule has 0 spiro atoms. The summed E-state index contributed by atoms with van der Waals surface area (Å²) in [6.07, 6.45) is 3.70. The van der Waals surface area contributed by atoms with Crippen molar-refractivity contribution in [3.05, 3.63) is 47.8 Å². The van der Waals surface area contributed by atoms with Crippen molar-refractivity contribution in [2.75, 3.05) is 0 Å². The Kier molecular flexibility index (Phi) is 4.74. The first-order valence-corrected chi connectivity index (χ1v) is 6.71. The number of halogens is 1. The molecule has 5 heteroatoms. The Hall–Kier alpha value is -1.88. The normalized spacial score (nSPS) is 12.4. The summed E-state index contributed by atoms with van der Waals surface area (Å²) >= 11 is 0. The van der Waals surface area contributed by atoms with Crippen LogP contribution in [0.25, 0.3) is 0 Å². The summed E-state index contributed by atoms with van der Waals surface area (Å²) in [5.74, 6) is -0.0179. The smallest absolute Gasteiger partial charge is 0.132 e. The second-order valence-corrected chi connectivity index (χ2v) is 4.73. The van der Waals surface area contributed by atoms with Gasteiger partial charge in [0.1, 0.15) is 18.2 Å². The van der Waals surface area contributed by atoms with Crippen molar-refractivity contribution in [2.45, 2.75) is 39.5 Å².